The summed E-state index contributed by atoms with van der Waals surface area (Å²) in [6.45, 7) is 14.4. The van der Waals surface area contributed by atoms with Gasteiger partial charge in [0.05, 0.1) is 0 Å². The normalized spacial score (nSPS) is 22.1. The Morgan fingerprint density at radius 3 is 1.53 bits per heavy atom. The fourth-order valence-corrected chi connectivity index (χ4v) is 42.0. The molecule has 242 valence electrons. The van der Waals surface area contributed by atoms with Crippen LogP contribution in [-0.4, -0.2) is 8.07 Å². The Kier molecular flexibility index (Phi) is 8.92. The first-order chi connectivity index (χ1) is 22.6. The van der Waals surface area contributed by atoms with E-state index in [1.807, 2.05) is 10.4 Å². The van der Waals surface area contributed by atoms with Crippen LogP contribution in [0, 0.1) is 0 Å². The van der Waals surface area contributed by atoms with E-state index in [4.69, 9.17) is 0 Å². The fourth-order valence-electron chi connectivity index (χ4n) is 9.52. The minimum absolute atomic E-state index is 0.534. The van der Waals surface area contributed by atoms with Crippen LogP contribution in [0.15, 0.2) is 95.3 Å². The average Bonchev–Trinajstić information content (AvgIpc) is 3.68. The van der Waals surface area contributed by atoms with Crippen LogP contribution in [0.25, 0.3) is 34.4 Å². The van der Waals surface area contributed by atoms with Gasteiger partial charge in [-0.2, -0.15) is 0 Å². The number of allylic oxidation sites excluding steroid dienone is 2. The summed E-state index contributed by atoms with van der Waals surface area (Å²) in [5.74, 6) is 1.07. The maximum atomic E-state index is 2.82. The van der Waals surface area contributed by atoms with Gasteiger partial charge in [0.15, 0.2) is 0 Å². The molecule has 0 saturated carbocycles. The summed E-state index contributed by atoms with van der Waals surface area (Å²) >= 11 is -3.09. The molecule has 4 aromatic carbocycles. The zero-order chi connectivity index (χ0) is 33.1. The molecule has 1 aliphatic heterocycles. The van der Waals surface area contributed by atoms with Crippen LogP contribution in [0.4, 0.5) is 0 Å². The van der Waals surface area contributed by atoms with Gasteiger partial charge in [0.1, 0.15) is 0 Å². The van der Waals surface area contributed by atoms with E-state index in [9.17, 15) is 0 Å². The van der Waals surface area contributed by atoms with Gasteiger partial charge in [0, 0.05) is 0 Å². The van der Waals surface area contributed by atoms with Crippen molar-refractivity contribution in [3.05, 3.63) is 129 Å². The van der Waals surface area contributed by atoms with E-state index in [0.717, 1.165) is 0 Å². The molecule has 2 unspecified atom stereocenters. The topological polar surface area (TPSA) is 0 Å². The summed E-state index contributed by atoms with van der Waals surface area (Å²) < 4.78 is 6.98. The summed E-state index contributed by atoms with van der Waals surface area (Å²) in [6.07, 6.45) is 10.9. The van der Waals surface area contributed by atoms with E-state index >= 15 is 0 Å². The standard InChI is InChI=1S/C43H48Si.2CH3.Hf/c1-7-8-9-10-23-44(6,38-26-36-19-13-21-40(42(36)28-38)34-17-11-15-32(24-34)30(2)3)39-27-37-20-14-22-41(43(37)29-39)35-18-12-16-33(25-35)31(4)5;;;/h11-22,24-31H,7-10,23H2,1-6H3;2*1H3;. The van der Waals surface area contributed by atoms with E-state index in [-0.39, 0.29) is 0 Å². The number of hydrogen-bond donors (Lipinski definition) is 0. The number of hydrogen-bond acceptors (Lipinski definition) is 0. The Labute approximate surface area is 290 Å². The van der Waals surface area contributed by atoms with Gasteiger partial charge in [0.25, 0.3) is 0 Å². The molecule has 0 N–H and O–H groups in total. The zero-order valence-corrected chi connectivity index (χ0v) is 34.7. The van der Waals surface area contributed by atoms with Gasteiger partial charge in [-0.25, -0.2) is 0 Å². The molecule has 1 heterocycles. The Morgan fingerprint density at radius 1 is 0.617 bits per heavy atom. The first-order valence-electron chi connectivity index (χ1n) is 18.5. The Hall–Kier alpha value is -2.55. The van der Waals surface area contributed by atoms with Gasteiger partial charge in [0.2, 0.25) is 0 Å². The fraction of sp³-hybridized carbons (Fsp3) is 0.378. The molecule has 7 rings (SSSR count). The van der Waals surface area contributed by atoms with Gasteiger partial charge in [-0.15, -0.1) is 0 Å². The number of unbranched alkanes of at least 4 members (excludes halogenated alkanes) is 3. The van der Waals surface area contributed by atoms with Crippen LogP contribution in [0.5, 0.6) is 0 Å². The second kappa shape index (κ2) is 12.7. The quantitative estimate of drug-likeness (QED) is 0.117. The summed E-state index contributed by atoms with van der Waals surface area (Å²) in [7, 11) is -1.96. The molecule has 0 amide bonds. The zero-order valence-electron chi connectivity index (χ0n) is 30.1. The van der Waals surface area contributed by atoms with E-state index in [0.29, 0.717) is 19.2 Å². The summed E-state index contributed by atoms with van der Waals surface area (Å²) in [5.41, 5.74) is 15.0. The van der Waals surface area contributed by atoms with Crippen molar-refractivity contribution in [2.45, 2.75) is 101 Å². The second-order valence-corrected chi connectivity index (χ2v) is 37.8. The molecule has 1 fully saturated rings. The van der Waals surface area contributed by atoms with Gasteiger partial charge in [-0.05, 0) is 0 Å². The van der Waals surface area contributed by atoms with Crippen molar-refractivity contribution >= 4 is 20.2 Å². The van der Waals surface area contributed by atoms with E-state index in [1.54, 1.807) is 22.3 Å². The van der Waals surface area contributed by atoms with Crippen LogP contribution in [0.1, 0.15) is 113 Å². The first-order valence-corrected chi connectivity index (χ1v) is 32.5. The predicted molar refractivity (Wildman–Crippen MR) is 206 cm³/mol. The average molecular weight is 802 g/mol. The molecule has 47 heavy (non-hydrogen) atoms. The van der Waals surface area contributed by atoms with Gasteiger partial charge in [-0.3, -0.25) is 0 Å². The molecule has 0 bridgehead atoms. The van der Waals surface area contributed by atoms with E-state index in [1.165, 1.54) is 65.1 Å². The van der Waals surface area contributed by atoms with Crippen molar-refractivity contribution in [1.82, 2.24) is 0 Å². The van der Waals surface area contributed by atoms with E-state index < -0.39 is 28.0 Å². The Balaban J connectivity index is 1.41. The SMILES string of the molecule is CCCCCC[Si]1(C)C2=Cc3c(-c4cccc(C(C)C)c4)cccc3[CH]2[Hf]([CH3])([CH3])[CH]2C1=Cc1c(-c3cccc(C(C)C)c3)cccc12. The van der Waals surface area contributed by atoms with Crippen LogP contribution in [0.3, 0.4) is 0 Å². The molecule has 1 saturated heterocycles. The number of benzene rings is 4. The third kappa shape index (κ3) is 5.50. The van der Waals surface area contributed by atoms with Crippen molar-refractivity contribution in [3.63, 3.8) is 0 Å². The molecule has 2 heteroatoms. The molecule has 0 aromatic heterocycles. The molecule has 2 atom stereocenters. The molecule has 3 aliphatic rings. The number of fused-ring (bicyclic) bond motifs is 6. The van der Waals surface area contributed by atoms with Crippen LogP contribution in [0.2, 0.25) is 22.0 Å². The Bertz CT molecular complexity index is 1760. The molecule has 2 aliphatic carbocycles. The third-order valence-corrected chi connectivity index (χ3v) is 34.1. The van der Waals surface area contributed by atoms with Crippen molar-refractivity contribution < 1.29 is 20.0 Å². The van der Waals surface area contributed by atoms with Crippen LogP contribution < -0.4 is 0 Å². The minimum atomic E-state index is -3.09. The van der Waals surface area contributed by atoms with Crippen molar-refractivity contribution in [1.29, 1.82) is 0 Å². The summed E-state index contributed by atoms with van der Waals surface area (Å²) in [5, 5.41) is 3.78. The molecule has 4 aromatic rings. The third-order valence-electron chi connectivity index (χ3n) is 12.1. The first kappa shape index (κ1) is 33.0. The van der Waals surface area contributed by atoms with Gasteiger partial charge in [-0.1, -0.05) is 0 Å². The predicted octanol–water partition coefficient (Wildman–Crippen LogP) is 13.8. The molecule has 0 nitrogen and oxygen atoms in total. The van der Waals surface area contributed by atoms with Gasteiger partial charge < -0.3 is 0 Å². The van der Waals surface area contributed by atoms with E-state index in [2.05, 4.69) is 148 Å². The Morgan fingerprint density at radius 2 is 1.09 bits per heavy atom. The summed E-state index contributed by atoms with van der Waals surface area (Å²) in [6, 6.07) is 34.8. The molecule has 0 radical (unpaired) electrons. The van der Waals surface area contributed by atoms with Crippen LogP contribution >= 0.6 is 0 Å². The second-order valence-electron chi connectivity index (χ2n) is 16.2. The molecular formula is C45H54HfSi. The van der Waals surface area contributed by atoms with Crippen LogP contribution in [-0.2, 0) is 20.0 Å². The van der Waals surface area contributed by atoms with Crippen molar-refractivity contribution in [2.24, 2.45) is 0 Å². The van der Waals surface area contributed by atoms with Gasteiger partial charge >= 0.3 is 293 Å². The van der Waals surface area contributed by atoms with Crippen molar-refractivity contribution in [2.75, 3.05) is 0 Å². The molecular weight excluding hydrogens is 747 g/mol. The maximum absolute atomic E-state index is 3.09. The summed E-state index contributed by atoms with van der Waals surface area (Å²) in [4.78, 5) is 0. The monoisotopic (exact) mass is 802 g/mol. The molecule has 0 spiro atoms. The number of rotatable bonds is 9. The van der Waals surface area contributed by atoms with Crippen molar-refractivity contribution in [3.8, 4) is 22.3 Å².